The molecule has 3 nitrogen and oxygen atoms in total. The van der Waals surface area contributed by atoms with Gasteiger partial charge in [0.25, 0.3) is 0 Å². The first-order chi connectivity index (χ1) is 11.2. The van der Waals surface area contributed by atoms with E-state index in [1.807, 2.05) is 54.6 Å². The van der Waals surface area contributed by atoms with Crippen molar-refractivity contribution in [2.24, 2.45) is 5.92 Å². The first-order valence-electron chi connectivity index (χ1n) is 7.83. The highest BCUT2D eigenvalue weighted by atomic mass is 19.1. The van der Waals surface area contributed by atoms with Crippen molar-refractivity contribution in [1.82, 2.24) is 0 Å². The minimum absolute atomic E-state index is 0.0634. The topological polar surface area (TPSA) is 27.7 Å². The molecule has 120 valence electrons. The average molecular weight is 314 g/mol. The Morgan fingerprint density at radius 1 is 1.00 bits per heavy atom. The molecule has 2 fully saturated rings. The molecule has 23 heavy (non-hydrogen) atoms. The Morgan fingerprint density at radius 2 is 1.74 bits per heavy atom. The number of hydrogen-bond donors (Lipinski definition) is 0. The molecule has 1 unspecified atom stereocenters. The van der Waals surface area contributed by atoms with Crippen LogP contribution in [0.2, 0.25) is 0 Å². The molecule has 0 N–H and O–H groups in total. The minimum atomic E-state index is -1.49. The van der Waals surface area contributed by atoms with Gasteiger partial charge in [-0.1, -0.05) is 42.5 Å². The van der Waals surface area contributed by atoms with Gasteiger partial charge in [0.1, 0.15) is 11.9 Å². The summed E-state index contributed by atoms with van der Waals surface area (Å²) >= 11 is 0. The van der Waals surface area contributed by atoms with Crippen molar-refractivity contribution < 1.29 is 18.6 Å². The zero-order chi connectivity index (χ0) is 15.9. The first-order valence-corrected chi connectivity index (χ1v) is 7.83. The molecule has 4 heteroatoms. The maximum atomic E-state index is 15.7. The zero-order valence-corrected chi connectivity index (χ0v) is 12.9. The molecule has 2 aliphatic heterocycles. The predicted octanol–water partition coefficient (Wildman–Crippen LogP) is 3.86. The quantitative estimate of drug-likeness (QED) is 0.861. The normalized spacial score (nSPS) is 32.7. The van der Waals surface area contributed by atoms with Crippen LogP contribution in [0, 0.1) is 5.92 Å². The number of alkyl halides is 1. The Bertz CT molecular complexity index is 673. The van der Waals surface area contributed by atoms with E-state index in [0.29, 0.717) is 6.61 Å². The Balaban J connectivity index is 1.61. The molecular formula is C19H19FO3. The molecule has 0 saturated carbocycles. The van der Waals surface area contributed by atoms with Gasteiger partial charge in [-0.3, -0.25) is 0 Å². The number of hydrogen-bond acceptors (Lipinski definition) is 3. The molecule has 2 heterocycles. The van der Waals surface area contributed by atoms with Crippen LogP contribution in [0.5, 0.6) is 5.75 Å². The molecule has 4 atom stereocenters. The molecule has 2 saturated heterocycles. The molecule has 0 amide bonds. The van der Waals surface area contributed by atoms with E-state index in [2.05, 4.69) is 0 Å². The number of fused-ring (bicyclic) bond motifs is 1. The van der Waals surface area contributed by atoms with Gasteiger partial charge in [-0.05, 0) is 23.3 Å². The van der Waals surface area contributed by atoms with Crippen LogP contribution in [0.25, 0.3) is 0 Å². The molecule has 4 rings (SSSR count). The summed E-state index contributed by atoms with van der Waals surface area (Å²) in [4.78, 5) is 0. The maximum absolute atomic E-state index is 15.7. The van der Waals surface area contributed by atoms with E-state index in [1.54, 1.807) is 7.11 Å². The van der Waals surface area contributed by atoms with Gasteiger partial charge in [0.15, 0.2) is 5.67 Å². The number of benzene rings is 2. The molecule has 0 aliphatic carbocycles. The van der Waals surface area contributed by atoms with Crippen molar-refractivity contribution >= 4 is 0 Å². The lowest BCUT2D eigenvalue weighted by molar-refractivity contribution is -0.0181. The van der Waals surface area contributed by atoms with Crippen molar-refractivity contribution in [2.75, 3.05) is 20.3 Å². The Morgan fingerprint density at radius 3 is 2.43 bits per heavy atom. The van der Waals surface area contributed by atoms with Gasteiger partial charge in [-0.15, -0.1) is 0 Å². The van der Waals surface area contributed by atoms with Crippen LogP contribution in [-0.4, -0.2) is 26.0 Å². The maximum Gasteiger partial charge on any atom is 0.172 e. The third-order valence-electron chi connectivity index (χ3n) is 4.89. The van der Waals surface area contributed by atoms with Crippen LogP contribution in [0.1, 0.15) is 23.3 Å². The predicted molar refractivity (Wildman–Crippen MR) is 84.2 cm³/mol. The molecule has 2 aromatic carbocycles. The highest BCUT2D eigenvalue weighted by Gasteiger charge is 2.60. The molecule has 0 bridgehead atoms. The largest absolute Gasteiger partial charge is 0.497 e. The first kappa shape index (κ1) is 14.7. The lowest BCUT2D eigenvalue weighted by Crippen LogP contribution is -2.34. The Hall–Kier alpha value is -1.91. The summed E-state index contributed by atoms with van der Waals surface area (Å²) in [6, 6.07) is 17.2. The summed E-state index contributed by atoms with van der Waals surface area (Å²) in [5, 5.41) is 0. The van der Waals surface area contributed by atoms with E-state index < -0.39 is 11.8 Å². The van der Waals surface area contributed by atoms with Gasteiger partial charge in [0.2, 0.25) is 0 Å². The number of halogens is 1. The molecule has 2 aromatic rings. The van der Waals surface area contributed by atoms with Crippen molar-refractivity contribution in [3.8, 4) is 5.75 Å². The second-order valence-corrected chi connectivity index (χ2v) is 6.16. The van der Waals surface area contributed by atoms with Crippen LogP contribution in [0.4, 0.5) is 4.39 Å². The second-order valence-electron chi connectivity index (χ2n) is 6.16. The number of rotatable bonds is 3. The van der Waals surface area contributed by atoms with Crippen LogP contribution in [0.3, 0.4) is 0 Å². The fraction of sp³-hybridized carbons (Fsp3) is 0.368. The Kier molecular flexibility index (Phi) is 3.58. The van der Waals surface area contributed by atoms with E-state index in [4.69, 9.17) is 14.2 Å². The fourth-order valence-corrected chi connectivity index (χ4v) is 3.65. The highest BCUT2D eigenvalue weighted by molar-refractivity contribution is 5.32. The second kappa shape index (κ2) is 5.62. The van der Waals surface area contributed by atoms with Crippen LogP contribution in [0.15, 0.2) is 54.6 Å². The lowest BCUT2D eigenvalue weighted by Gasteiger charge is -2.24. The van der Waals surface area contributed by atoms with Crippen molar-refractivity contribution in [3.05, 3.63) is 65.7 Å². The van der Waals surface area contributed by atoms with Crippen LogP contribution < -0.4 is 4.74 Å². The fourth-order valence-electron chi connectivity index (χ4n) is 3.65. The smallest absolute Gasteiger partial charge is 0.172 e. The summed E-state index contributed by atoms with van der Waals surface area (Å²) in [6.07, 6.45) is -0.837. The molecular weight excluding hydrogens is 295 g/mol. The highest BCUT2D eigenvalue weighted by Crippen LogP contribution is 2.55. The van der Waals surface area contributed by atoms with Crippen LogP contribution >= 0.6 is 0 Å². The summed E-state index contributed by atoms with van der Waals surface area (Å²) in [5.41, 5.74) is 0.346. The Labute approximate surface area is 135 Å². The van der Waals surface area contributed by atoms with E-state index in [1.165, 1.54) is 0 Å². The van der Waals surface area contributed by atoms with Crippen LogP contribution in [-0.2, 0) is 9.47 Å². The lowest BCUT2D eigenvalue weighted by atomic mass is 9.82. The van der Waals surface area contributed by atoms with Crippen molar-refractivity contribution in [3.63, 3.8) is 0 Å². The molecule has 0 aromatic heterocycles. The van der Waals surface area contributed by atoms with Gasteiger partial charge < -0.3 is 14.2 Å². The minimum Gasteiger partial charge on any atom is -0.497 e. The molecule has 0 radical (unpaired) electrons. The monoisotopic (exact) mass is 314 g/mol. The summed E-state index contributed by atoms with van der Waals surface area (Å²) in [6.45, 7) is 0.431. The summed E-state index contributed by atoms with van der Waals surface area (Å²) in [7, 11) is 1.61. The van der Waals surface area contributed by atoms with Gasteiger partial charge in [0, 0.05) is 0 Å². The van der Waals surface area contributed by atoms with Gasteiger partial charge in [-0.25, -0.2) is 4.39 Å². The van der Waals surface area contributed by atoms with Gasteiger partial charge in [0.05, 0.1) is 32.3 Å². The van der Waals surface area contributed by atoms with E-state index >= 15 is 4.39 Å². The zero-order valence-electron chi connectivity index (χ0n) is 12.9. The van der Waals surface area contributed by atoms with E-state index in [-0.39, 0.29) is 18.6 Å². The van der Waals surface area contributed by atoms with E-state index in [0.717, 1.165) is 16.9 Å². The number of methoxy groups -OCH3 is 1. The van der Waals surface area contributed by atoms with Crippen molar-refractivity contribution in [2.45, 2.75) is 17.9 Å². The third-order valence-corrected chi connectivity index (χ3v) is 4.89. The van der Waals surface area contributed by atoms with Gasteiger partial charge >= 0.3 is 0 Å². The number of ether oxygens (including phenoxy) is 3. The molecule has 2 aliphatic rings. The SMILES string of the molecule is COc1ccc([C@H]2OCC3[C@@H](c4ccccc4)OC[C@@]32F)cc1. The third kappa shape index (κ3) is 2.33. The molecule has 0 spiro atoms. The average Bonchev–Trinajstić information content (AvgIpc) is 3.10. The summed E-state index contributed by atoms with van der Waals surface area (Å²) in [5.74, 6) is 0.470. The van der Waals surface area contributed by atoms with Crippen molar-refractivity contribution in [1.29, 1.82) is 0 Å². The van der Waals surface area contributed by atoms with Gasteiger partial charge in [-0.2, -0.15) is 0 Å². The summed E-state index contributed by atoms with van der Waals surface area (Å²) < 4.78 is 32.5. The van der Waals surface area contributed by atoms with E-state index in [9.17, 15) is 0 Å². The standard InChI is InChI=1S/C19H19FO3/c1-21-15-9-7-14(8-10-15)18-19(20)12-23-17(16(19)11-22-18)13-5-3-2-4-6-13/h2-10,16-18H,11-12H2,1H3/t16?,17-,18-,19-/m1/s1.